The van der Waals surface area contributed by atoms with E-state index >= 15 is 0 Å². The van der Waals surface area contributed by atoms with Crippen molar-refractivity contribution in [2.75, 3.05) is 16.8 Å². The summed E-state index contributed by atoms with van der Waals surface area (Å²) in [5.41, 5.74) is 0.728. The number of hydrogen-bond donors (Lipinski definition) is 2. The molecule has 0 aromatic carbocycles. The molecule has 1 aliphatic carbocycles. The second kappa shape index (κ2) is 8.73. The van der Waals surface area contributed by atoms with Crippen molar-refractivity contribution in [1.29, 1.82) is 0 Å². The van der Waals surface area contributed by atoms with E-state index < -0.39 is 5.82 Å². The Labute approximate surface area is 174 Å². The van der Waals surface area contributed by atoms with Gasteiger partial charge in [-0.15, -0.1) is 0 Å². The highest BCUT2D eigenvalue weighted by Crippen LogP contribution is 2.27. The number of carbonyl (C=O) groups is 2. The van der Waals surface area contributed by atoms with Gasteiger partial charge in [0.15, 0.2) is 5.82 Å². The highest BCUT2D eigenvalue weighted by molar-refractivity contribution is 5.94. The fourth-order valence-electron chi connectivity index (χ4n) is 4.09. The number of hydrogen-bond acceptors (Lipinski definition) is 6. The monoisotopic (exact) mass is 412 g/mol. The number of amides is 2. The van der Waals surface area contributed by atoms with Gasteiger partial charge in [-0.1, -0.05) is 0 Å². The van der Waals surface area contributed by atoms with Crippen molar-refractivity contribution >= 4 is 23.6 Å². The van der Waals surface area contributed by atoms with Gasteiger partial charge in [-0.05, 0) is 44.2 Å². The molecule has 2 aromatic rings. The summed E-state index contributed by atoms with van der Waals surface area (Å²) < 4.78 is 14.5. The number of rotatable bonds is 5. The molecule has 3 heterocycles. The van der Waals surface area contributed by atoms with Gasteiger partial charge < -0.3 is 10.6 Å². The second-order valence-electron chi connectivity index (χ2n) is 7.84. The molecule has 2 amide bonds. The van der Waals surface area contributed by atoms with Gasteiger partial charge >= 0.3 is 0 Å². The molecule has 0 spiro atoms. The molecular weight excluding hydrogens is 387 g/mol. The van der Waals surface area contributed by atoms with Crippen LogP contribution in [0.4, 0.5) is 16.2 Å². The SMILES string of the molecule is CC(=O)NC1CCC(Nc2ncc(F)c(-c3ccnc(N4CCCC4=O)c3)n2)CC1. The smallest absolute Gasteiger partial charge is 0.228 e. The first-order chi connectivity index (χ1) is 14.5. The van der Waals surface area contributed by atoms with E-state index in [1.807, 2.05) is 0 Å². The van der Waals surface area contributed by atoms with Gasteiger partial charge in [-0.25, -0.2) is 19.3 Å². The predicted octanol–water partition coefficient (Wildman–Crippen LogP) is 2.66. The van der Waals surface area contributed by atoms with Crippen LogP contribution >= 0.6 is 0 Å². The van der Waals surface area contributed by atoms with E-state index in [2.05, 4.69) is 25.6 Å². The Bertz CT molecular complexity index is 945. The van der Waals surface area contributed by atoms with E-state index in [1.54, 1.807) is 23.2 Å². The van der Waals surface area contributed by atoms with Crippen molar-refractivity contribution in [2.45, 2.75) is 57.5 Å². The minimum absolute atomic E-state index is 0.00901. The lowest BCUT2D eigenvalue weighted by Crippen LogP contribution is -2.39. The van der Waals surface area contributed by atoms with Gasteiger partial charge in [-0.2, -0.15) is 0 Å². The predicted molar refractivity (Wildman–Crippen MR) is 110 cm³/mol. The third-order valence-corrected chi connectivity index (χ3v) is 5.58. The van der Waals surface area contributed by atoms with Gasteiger partial charge in [0.05, 0.1) is 6.20 Å². The van der Waals surface area contributed by atoms with Crippen LogP contribution in [0.1, 0.15) is 45.4 Å². The summed E-state index contributed by atoms with van der Waals surface area (Å²) in [5.74, 6) is 0.369. The molecule has 30 heavy (non-hydrogen) atoms. The minimum Gasteiger partial charge on any atom is -0.354 e. The number of aromatic nitrogens is 3. The normalized spacial score (nSPS) is 21.5. The molecule has 9 heteroatoms. The molecule has 2 fully saturated rings. The Morgan fingerprint density at radius 2 is 1.97 bits per heavy atom. The molecule has 0 bridgehead atoms. The molecule has 2 N–H and O–H groups in total. The maximum Gasteiger partial charge on any atom is 0.228 e. The lowest BCUT2D eigenvalue weighted by molar-refractivity contribution is -0.120. The number of nitrogens with one attached hydrogen (secondary N) is 2. The van der Waals surface area contributed by atoms with Gasteiger partial charge in [0.25, 0.3) is 0 Å². The molecule has 1 aliphatic heterocycles. The summed E-state index contributed by atoms with van der Waals surface area (Å²) in [4.78, 5) is 37.6. The van der Waals surface area contributed by atoms with E-state index in [-0.39, 0.29) is 29.6 Å². The maximum absolute atomic E-state index is 14.5. The van der Waals surface area contributed by atoms with Crippen molar-refractivity contribution in [3.8, 4) is 11.3 Å². The number of carbonyl (C=O) groups excluding carboxylic acids is 2. The van der Waals surface area contributed by atoms with E-state index in [1.165, 1.54) is 6.92 Å². The van der Waals surface area contributed by atoms with Crippen LogP contribution in [-0.2, 0) is 9.59 Å². The van der Waals surface area contributed by atoms with Crippen LogP contribution in [0.3, 0.4) is 0 Å². The van der Waals surface area contributed by atoms with Crippen molar-refractivity contribution in [3.63, 3.8) is 0 Å². The highest BCUT2D eigenvalue weighted by Gasteiger charge is 2.24. The summed E-state index contributed by atoms with van der Waals surface area (Å²) in [6.07, 6.45) is 7.53. The van der Waals surface area contributed by atoms with Gasteiger partial charge in [0.2, 0.25) is 17.8 Å². The Morgan fingerprint density at radius 3 is 2.67 bits per heavy atom. The first kappa shape index (κ1) is 20.2. The lowest BCUT2D eigenvalue weighted by atomic mass is 9.91. The quantitative estimate of drug-likeness (QED) is 0.783. The first-order valence-electron chi connectivity index (χ1n) is 10.3. The third-order valence-electron chi connectivity index (χ3n) is 5.58. The molecule has 2 aliphatic rings. The molecular formula is C21H25FN6O2. The molecule has 8 nitrogen and oxygen atoms in total. The van der Waals surface area contributed by atoms with Crippen LogP contribution in [0.15, 0.2) is 24.5 Å². The Morgan fingerprint density at radius 1 is 1.20 bits per heavy atom. The van der Waals surface area contributed by atoms with Crippen molar-refractivity contribution < 1.29 is 14.0 Å². The zero-order chi connectivity index (χ0) is 21.1. The van der Waals surface area contributed by atoms with Crippen LogP contribution < -0.4 is 15.5 Å². The number of halogens is 1. The van der Waals surface area contributed by atoms with Gasteiger partial charge in [0.1, 0.15) is 11.5 Å². The summed E-state index contributed by atoms with van der Waals surface area (Å²) in [6.45, 7) is 2.15. The average Bonchev–Trinajstić information content (AvgIpc) is 3.16. The third kappa shape index (κ3) is 4.55. The molecule has 1 saturated heterocycles. The fraction of sp³-hybridized carbons (Fsp3) is 0.476. The Balaban J connectivity index is 1.48. The van der Waals surface area contributed by atoms with Crippen LogP contribution in [0.25, 0.3) is 11.3 Å². The number of nitrogens with zero attached hydrogens (tertiary/aromatic N) is 4. The highest BCUT2D eigenvalue weighted by atomic mass is 19.1. The van der Waals surface area contributed by atoms with Crippen LogP contribution in [0, 0.1) is 5.82 Å². The van der Waals surface area contributed by atoms with Crippen LogP contribution in [0.2, 0.25) is 0 Å². The van der Waals surface area contributed by atoms with E-state index in [0.29, 0.717) is 30.3 Å². The zero-order valence-corrected chi connectivity index (χ0v) is 16.9. The summed E-state index contributed by atoms with van der Waals surface area (Å²) in [5, 5.41) is 6.24. The first-order valence-corrected chi connectivity index (χ1v) is 10.3. The standard InChI is InChI=1S/C21H25FN6O2/c1-13(29)25-15-4-6-16(7-5-15)26-21-24-12-17(22)20(27-21)14-8-9-23-18(11-14)28-10-2-3-19(28)30/h8-9,11-12,15-16H,2-7,10H2,1H3,(H,25,29)(H,24,26,27). The number of pyridine rings is 1. The number of anilines is 2. The molecule has 4 rings (SSSR count). The van der Waals surface area contributed by atoms with Crippen molar-refractivity contribution in [1.82, 2.24) is 20.3 Å². The average molecular weight is 412 g/mol. The zero-order valence-electron chi connectivity index (χ0n) is 16.9. The van der Waals surface area contributed by atoms with E-state index in [9.17, 15) is 14.0 Å². The molecule has 2 aromatic heterocycles. The summed E-state index contributed by atoms with van der Waals surface area (Å²) >= 11 is 0. The summed E-state index contributed by atoms with van der Waals surface area (Å²) in [6, 6.07) is 3.74. The molecule has 1 saturated carbocycles. The molecule has 0 unspecified atom stereocenters. The van der Waals surface area contributed by atoms with Crippen molar-refractivity contribution in [3.05, 3.63) is 30.3 Å². The van der Waals surface area contributed by atoms with E-state index in [4.69, 9.17) is 0 Å². The lowest BCUT2D eigenvalue weighted by Gasteiger charge is -2.29. The molecule has 0 radical (unpaired) electrons. The Hall–Kier alpha value is -3.10. The maximum atomic E-state index is 14.5. The van der Waals surface area contributed by atoms with Crippen LogP contribution in [0.5, 0.6) is 0 Å². The second-order valence-corrected chi connectivity index (χ2v) is 7.84. The minimum atomic E-state index is -0.528. The van der Waals surface area contributed by atoms with Crippen molar-refractivity contribution in [2.24, 2.45) is 0 Å². The molecule has 158 valence electrons. The Kier molecular flexibility index (Phi) is 5.87. The van der Waals surface area contributed by atoms with E-state index in [0.717, 1.165) is 38.3 Å². The summed E-state index contributed by atoms with van der Waals surface area (Å²) in [7, 11) is 0. The largest absolute Gasteiger partial charge is 0.354 e. The topological polar surface area (TPSA) is 100 Å². The fourth-order valence-corrected chi connectivity index (χ4v) is 4.09. The molecule has 0 atom stereocenters. The van der Waals surface area contributed by atoms with Gasteiger partial charge in [-0.3, -0.25) is 14.5 Å². The van der Waals surface area contributed by atoms with Crippen LogP contribution in [-0.4, -0.2) is 45.4 Å². The van der Waals surface area contributed by atoms with Gasteiger partial charge in [0, 0.05) is 43.7 Å².